The van der Waals surface area contributed by atoms with Crippen LogP contribution in [-0.2, 0) is 6.54 Å². The van der Waals surface area contributed by atoms with Crippen LogP contribution in [0.25, 0.3) is 10.8 Å². The Morgan fingerprint density at radius 1 is 1.50 bits per heavy atom. The molecule has 0 fully saturated rings. The van der Waals surface area contributed by atoms with Gasteiger partial charge in [0, 0.05) is 17.5 Å². The molecule has 18 heavy (non-hydrogen) atoms. The summed E-state index contributed by atoms with van der Waals surface area (Å²) in [5.74, 6) is 0.801. The molecular formula is C13H18N2O2S. The molecule has 0 bridgehead atoms. The maximum atomic E-state index is 9.32. The van der Waals surface area contributed by atoms with Gasteiger partial charge in [-0.3, -0.25) is 4.90 Å². The normalized spacial score (nSPS) is 12.3. The van der Waals surface area contributed by atoms with E-state index in [1.54, 1.807) is 17.6 Å². The molecule has 0 atom stereocenters. The zero-order valence-corrected chi connectivity index (χ0v) is 11.7. The second kappa shape index (κ2) is 5.22. The monoisotopic (exact) mass is 266 g/mol. The van der Waals surface area contributed by atoms with Crippen LogP contribution in [0.2, 0.25) is 0 Å². The Hall–Kier alpha value is -1.17. The second-order valence-electron chi connectivity index (χ2n) is 4.95. The molecular weight excluding hydrogens is 248 g/mol. The zero-order valence-electron chi connectivity index (χ0n) is 10.9. The van der Waals surface area contributed by atoms with Crippen molar-refractivity contribution in [3.63, 3.8) is 0 Å². The van der Waals surface area contributed by atoms with Gasteiger partial charge in [0.25, 0.3) is 0 Å². The summed E-state index contributed by atoms with van der Waals surface area (Å²) >= 11 is 1.57. The van der Waals surface area contributed by atoms with E-state index in [4.69, 9.17) is 4.42 Å². The molecule has 0 amide bonds. The van der Waals surface area contributed by atoms with Gasteiger partial charge in [-0.15, -0.1) is 11.3 Å². The number of thiazole rings is 1. The molecule has 0 radical (unpaired) electrons. The van der Waals surface area contributed by atoms with Crippen molar-refractivity contribution in [2.75, 3.05) is 13.7 Å². The predicted octanol–water partition coefficient (Wildman–Crippen LogP) is 2.61. The molecule has 0 aliphatic heterocycles. The van der Waals surface area contributed by atoms with Crippen molar-refractivity contribution in [1.29, 1.82) is 0 Å². The first-order chi connectivity index (χ1) is 8.53. The van der Waals surface area contributed by atoms with E-state index in [0.29, 0.717) is 6.54 Å². The molecule has 2 rings (SSSR count). The van der Waals surface area contributed by atoms with Crippen LogP contribution in [0.3, 0.4) is 0 Å². The minimum absolute atomic E-state index is 0.124. The van der Waals surface area contributed by atoms with E-state index >= 15 is 0 Å². The number of aliphatic hydroxyl groups excluding tert-OH is 1. The van der Waals surface area contributed by atoms with Gasteiger partial charge < -0.3 is 9.52 Å². The molecule has 0 saturated heterocycles. The number of rotatable bonds is 5. The summed E-state index contributed by atoms with van der Waals surface area (Å²) in [6.07, 6.45) is 1.65. The minimum atomic E-state index is -0.242. The zero-order chi connectivity index (χ0) is 13.2. The van der Waals surface area contributed by atoms with Crippen LogP contribution >= 0.6 is 11.3 Å². The SMILES string of the molecule is CN(Cc1csc(-c2ccco2)n1)C(C)(C)CO. The van der Waals surface area contributed by atoms with Crippen molar-refractivity contribution in [2.24, 2.45) is 0 Å². The van der Waals surface area contributed by atoms with E-state index in [1.165, 1.54) is 0 Å². The lowest BCUT2D eigenvalue weighted by atomic mass is 10.1. The topological polar surface area (TPSA) is 49.5 Å². The van der Waals surface area contributed by atoms with Crippen LogP contribution in [0.5, 0.6) is 0 Å². The highest BCUT2D eigenvalue weighted by molar-refractivity contribution is 7.13. The summed E-state index contributed by atoms with van der Waals surface area (Å²) in [5.41, 5.74) is 0.754. The lowest BCUT2D eigenvalue weighted by Crippen LogP contribution is -2.43. The number of furan rings is 1. The number of aromatic nitrogens is 1. The molecule has 5 heteroatoms. The van der Waals surface area contributed by atoms with E-state index in [1.807, 2.05) is 38.4 Å². The fraction of sp³-hybridized carbons (Fsp3) is 0.462. The third kappa shape index (κ3) is 2.80. The summed E-state index contributed by atoms with van der Waals surface area (Å²) < 4.78 is 5.32. The van der Waals surface area contributed by atoms with Crippen LogP contribution in [0.4, 0.5) is 0 Å². The summed E-state index contributed by atoms with van der Waals surface area (Å²) in [5, 5.41) is 12.2. The summed E-state index contributed by atoms with van der Waals surface area (Å²) in [7, 11) is 1.99. The van der Waals surface area contributed by atoms with Crippen molar-refractivity contribution in [2.45, 2.75) is 25.9 Å². The van der Waals surface area contributed by atoms with Crippen molar-refractivity contribution in [1.82, 2.24) is 9.88 Å². The van der Waals surface area contributed by atoms with Crippen molar-refractivity contribution < 1.29 is 9.52 Å². The van der Waals surface area contributed by atoms with E-state index in [2.05, 4.69) is 9.88 Å². The number of aliphatic hydroxyl groups is 1. The molecule has 0 spiro atoms. The van der Waals surface area contributed by atoms with Crippen molar-refractivity contribution >= 4 is 11.3 Å². The van der Waals surface area contributed by atoms with Gasteiger partial charge in [-0.1, -0.05) is 0 Å². The second-order valence-corrected chi connectivity index (χ2v) is 5.81. The predicted molar refractivity (Wildman–Crippen MR) is 72.4 cm³/mol. The van der Waals surface area contributed by atoms with Gasteiger partial charge in [-0.05, 0) is 33.0 Å². The molecule has 0 saturated carbocycles. The number of likely N-dealkylation sites (N-methyl/N-ethyl adjacent to an activating group) is 1. The van der Waals surface area contributed by atoms with Gasteiger partial charge in [0.1, 0.15) is 0 Å². The Morgan fingerprint density at radius 2 is 2.28 bits per heavy atom. The van der Waals surface area contributed by atoms with Crippen LogP contribution < -0.4 is 0 Å². The van der Waals surface area contributed by atoms with Crippen LogP contribution in [0.15, 0.2) is 28.2 Å². The third-order valence-corrected chi connectivity index (χ3v) is 4.01. The number of hydrogen-bond acceptors (Lipinski definition) is 5. The lowest BCUT2D eigenvalue weighted by Gasteiger charge is -2.33. The Kier molecular flexibility index (Phi) is 3.85. The molecule has 0 aliphatic rings. The summed E-state index contributed by atoms with van der Waals surface area (Å²) in [6.45, 7) is 4.85. The molecule has 2 aromatic rings. The van der Waals surface area contributed by atoms with Gasteiger partial charge in [-0.2, -0.15) is 0 Å². The Bertz CT molecular complexity index is 491. The quantitative estimate of drug-likeness (QED) is 0.903. The number of nitrogens with zero attached hydrogens (tertiary/aromatic N) is 2. The van der Waals surface area contributed by atoms with E-state index in [0.717, 1.165) is 16.5 Å². The standard InChI is InChI=1S/C13H18N2O2S/c1-13(2,9-16)15(3)7-10-8-18-12(14-10)11-5-4-6-17-11/h4-6,8,16H,7,9H2,1-3H3. The highest BCUT2D eigenvalue weighted by Gasteiger charge is 2.23. The van der Waals surface area contributed by atoms with E-state index in [9.17, 15) is 5.11 Å². The van der Waals surface area contributed by atoms with Gasteiger partial charge in [0.2, 0.25) is 0 Å². The number of hydrogen-bond donors (Lipinski definition) is 1. The van der Waals surface area contributed by atoms with Crippen molar-refractivity contribution in [3.8, 4) is 10.8 Å². The summed E-state index contributed by atoms with van der Waals surface area (Å²) in [6, 6.07) is 3.77. The Labute approximate surface area is 111 Å². The van der Waals surface area contributed by atoms with Crippen LogP contribution in [0, 0.1) is 0 Å². The van der Waals surface area contributed by atoms with Crippen LogP contribution in [-0.4, -0.2) is 34.2 Å². The molecule has 4 nitrogen and oxygen atoms in total. The molecule has 0 unspecified atom stereocenters. The van der Waals surface area contributed by atoms with Crippen molar-refractivity contribution in [3.05, 3.63) is 29.5 Å². The maximum Gasteiger partial charge on any atom is 0.162 e. The highest BCUT2D eigenvalue weighted by atomic mass is 32.1. The first kappa shape index (κ1) is 13.3. The summed E-state index contributed by atoms with van der Waals surface area (Å²) in [4.78, 5) is 6.63. The molecule has 2 heterocycles. The third-order valence-electron chi connectivity index (χ3n) is 3.10. The molecule has 0 aliphatic carbocycles. The first-order valence-electron chi connectivity index (χ1n) is 5.83. The minimum Gasteiger partial charge on any atom is -0.462 e. The Balaban J connectivity index is 2.08. The Morgan fingerprint density at radius 3 is 2.89 bits per heavy atom. The van der Waals surface area contributed by atoms with E-state index in [-0.39, 0.29) is 12.1 Å². The fourth-order valence-electron chi connectivity index (χ4n) is 1.47. The molecule has 1 N–H and O–H groups in total. The largest absolute Gasteiger partial charge is 0.462 e. The average Bonchev–Trinajstić information content (AvgIpc) is 2.98. The average molecular weight is 266 g/mol. The highest BCUT2D eigenvalue weighted by Crippen LogP contribution is 2.25. The molecule has 2 aromatic heterocycles. The molecule has 98 valence electrons. The van der Waals surface area contributed by atoms with Crippen LogP contribution in [0.1, 0.15) is 19.5 Å². The fourth-order valence-corrected chi connectivity index (χ4v) is 2.25. The first-order valence-corrected chi connectivity index (χ1v) is 6.71. The lowest BCUT2D eigenvalue weighted by molar-refractivity contribution is 0.0726. The smallest absolute Gasteiger partial charge is 0.162 e. The molecule has 0 aromatic carbocycles. The van der Waals surface area contributed by atoms with Gasteiger partial charge in [-0.25, -0.2) is 4.98 Å². The van der Waals surface area contributed by atoms with Gasteiger partial charge >= 0.3 is 0 Å². The maximum absolute atomic E-state index is 9.32. The van der Waals surface area contributed by atoms with Gasteiger partial charge in [0.15, 0.2) is 10.8 Å². The van der Waals surface area contributed by atoms with Gasteiger partial charge in [0.05, 0.1) is 18.6 Å². The van der Waals surface area contributed by atoms with E-state index < -0.39 is 0 Å².